The van der Waals surface area contributed by atoms with Crippen molar-refractivity contribution < 1.29 is 10.2 Å². The Labute approximate surface area is 89.5 Å². The molecule has 1 aromatic rings. The molecule has 2 unspecified atom stereocenters. The van der Waals surface area contributed by atoms with Crippen molar-refractivity contribution in [3.63, 3.8) is 0 Å². The van der Waals surface area contributed by atoms with Crippen LogP contribution in [0.5, 0.6) is 0 Å². The number of nitrogens with two attached hydrogens (primary N) is 2. The number of aliphatic hydroxyl groups excluding tert-OH is 1. The monoisotopic (exact) mass is 210 g/mol. The standard InChI is InChI=1S/C11H18N2O2/c12-8-11(15,10(13)6-7-14)9-4-2-1-3-5-9/h1-5,10,14-15H,6-8,12-13H2. The largest absolute Gasteiger partial charge is 0.396 e. The second kappa shape index (κ2) is 5.23. The Kier molecular flexibility index (Phi) is 4.23. The first-order chi connectivity index (χ1) is 7.15. The van der Waals surface area contributed by atoms with Crippen LogP contribution >= 0.6 is 0 Å². The Bertz CT molecular complexity index is 292. The molecule has 0 saturated carbocycles. The highest BCUT2D eigenvalue weighted by Gasteiger charge is 2.34. The first-order valence-electron chi connectivity index (χ1n) is 4.99. The lowest BCUT2D eigenvalue weighted by Crippen LogP contribution is -2.51. The minimum absolute atomic E-state index is 0.0399. The zero-order valence-corrected chi connectivity index (χ0v) is 8.63. The van der Waals surface area contributed by atoms with Crippen LogP contribution in [0.1, 0.15) is 12.0 Å². The van der Waals surface area contributed by atoms with Crippen molar-refractivity contribution in [3.05, 3.63) is 35.9 Å². The fourth-order valence-electron chi connectivity index (χ4n) is 1.59. The lowest BCUT2D eigenvalue weighted by molar-refractivity contribution is 0.0106. The molecule has 4 nitrogen and oxygen atoms in total. The summed E-state index contributed by atoms with van der Waals surface area (Å²) in [5, 5.41) is 19.1. The number of rotatable bonds is 5. The van der Waals surface area contributed by atoms with Gasteiger partial charge in [-0.25, -0.2) is 0 Å². The van der Waals surface area contributed by atoms with Crippen LogP contribution in [0.15, 0.2) is 30.3 Å². The maximum absolute atomic E-state index is 10.3. The molecule has 0 radical (unpaired) electrons. The first kappa shape index (κ1) is 12.1. The molecule has 84 valence electrons. The van der Waals surface area contributed by atoms with Crippen molar-refractivity contribution in [3.8, 4) is 0 Å². The van der Waals surface area contributed by atoms with E-state index in [1.807, 2.05) is 18.2 Å². The molecule has 0 aliphatic rings. The van der Waals surface area contributed by atoms with Gasteiger partial charge >= 0.3 is 0 Å². The minimum atomic E-state index is -1.26. The normalized spacial score (nSPS) is 17.1. The summed E-state index contributed by atoms with van der Waals surface area (Å²) in [6.45, 7) is -0.0194. The summed E-state index contributed by atoms with van der Waals surface area (Å²) in [7, 11) is 0. The Balaban J connectivity index is 2.94. The molecule has 4 heteroatoms. The summed E-state index contributed by atoms with van der Waals surface area (Å²) in [6.07, 6.45) is 0.322. The van der Waals surface area contributed by atoms with Gasteiger partial charge in [-0.2, -0.15) is 0 Å². The van der Waals surface area contributed by atoms with Gasteiger partial charge in [0, 0.05) is 19.2 Å². The molecule has 1 aromatic carbocycles. The van der Waals surface area contributed by atoms with Crippen molar-refractivity contribution in [2.75, 3.05) is 13.2 Å². The smallest absolute Gasteiger partial charge is 0.117 e. The number of hydrogen-bond donors (Lipinski definition) is 4. The van der Waals surface area contributed by atoms with Gasteiger partial charge in [0.25, 0.3) is 0 Å². The van der Waals surface area contributed by atoms with E-state index < -0.39 is 11.6 Å². The van der Waals surface area contributed by atoms with Crippen LogP contribution in [0, 0.1) is 0 Å². The molecule has 0 spiro atoms. The lowest BCUT2D eigenvalue weighted by Gasteiger charge is -2.33. The van der Waals surface area contributed by atoms with Crippen LogP contribution < -0.4 is 11.5 Å². The highest BCUT2D eigenvalue weighted by Crippen LogP contribution is 2.24. The molecule has 6 N–H and O–H groups in total. The predicted octanol–water partition coefficient (Wildman–Crippen LogP) is -0.457. The quantitative estimate of drug-likeness (QED) is 0.529. The van der Waals surface area contributed by atoms with Crippen LogP contribution in [0.4, 0.5) is 0 Å². The predicted molar refractivity (Wildman–Crippen MR) is 59.1 cm³/mol. The third kappa shape index (κ3) is 2.54. The Morgan fingerprint density at radius 3 is 2.33 bits per heavy atom. The molecular weight excluding hydrogens is 192 g/mol. The molecule has 0 bridgehead atoms. The second-order valence-electron chi connectivity index (χ2n) is 3.61. The summed E-state index contributed by atoms with van der Waals surface area (Å²) < 4.78 is 0. The van der Waals surface area contributed by atoms with E-state index in [0.717, 1.165) is 0 Å². The number of aliphatic hydroxyl groups is 2. The maximum atomic E-state index is 10.3. The molecule has 0 aromatic heterocycles. The molecule has 0 aliphatic carbocycles. The van der Waals surface area contributed by atoms with Crippen molar-refractivity contribution >= 4 is 0 Å². The zero-order chi connectivity index (χ0) is 11.3. The molecule has 2 atom stereocenters. The Hall–Kier alpha value is -0.940. The van der Waals surface area contributed by atoms with Gasteiger partial charge in [0.05, 0.1) is 0 Å². The van der Waals surface area contributed by atoms with Gasteiger partial charge in [-0.05, 0) is 12.0 Å². The molecule has 0 amide bonds. The van der Waals surface area contributed by atoms with E-state index in [4.69, 9.17) is 16.6 Å². The van der Waals surface area contributed by atoms with Crippen LogP contribution in [0.25, 0.3) is 0 Å². The van der Waals surface area contributed by atoms with E-state index in [9.17, 15) is 5.11 Å². The highest BCUT2D eigenvalue weighted by atomic mass is 16.3. The van der Waals surface area contributed by atoms with Gasteiger partial charge < -0.3 is 21.7 Å². The van der Waals surface area contributed by atoms with Crippen molar-refractivity contribution in [1.82, 2.24) is 0 Å². The van der Waals surface area contributed by atoms with E-state index in [1.54, 1.807) is 12.1 Å². The van der Waals surface area contributed by atoms with Crippen molar-refractivity contribution in [2.24, 2.45) is 11.5 Å². The zero-order valence-electron chi connectivity index (χ0n) is 8.63. The van der Waals surface area contributed by atoms with E-state index in [1.165, 1.54) is 0 Å². The average Bonchev–Trinajstić information content (AvgIpc) is 2.29. The topological polar surface area (TPSA) is 92.5 Å². The minimum Gasteiger partial charge on any atom is -0.396 e. The SMILES string of the molecule is NCC(O)(c1ccccc1)C(N)CCO. The van der Waals surface area contributed by atoms with Crippen LogP contribution in [0.2, 0.25) is 0 Å². The Morgan fingerprint density at radius 2 is 1.87 bits per heavy atom. The number of hydrogen-bond acceptors (Lipinski definition) is 4. The summed E-state index contributed by atoms with van der Waals surface area (Å²) in [5.74, 6) is 0. The summed E-state index contributed by atoms with van der Waals surface area (Å²) in [4.78, 5) is 0. The van der Waals surface area contributed by atoms with Crippen LogP contribution in [-0.4, -0.2) is 29.4 Å². The summed E-state index contributed by atoms with van der Waals surface area (Å²) >= 11 is 0. The van der Waals surface area contributed by atoms with Crippen molar-refractivity contribution in [1.29, 1.82) is 0 Å². The third-order valence-corrected chi connectivity index (χ3v) is 2.64. The summed E-state index contributed by atoms with van der Waals surface area (Å²) in [5.41, 5.74) is 10.8. The van der Waals surface area contributed by atoms with Gasteiger partial charge in [-0.3, -0.25) is 0 Å². The van der Waals surface area contributed by atoms with Gasteiger partial charge in [0.2, 0.25) is 0 Å². The van der Waals surface area contributed by atoms with E-state index >= 15 is 0 Å². The molecule has 0 saturated heterocycles. The second-order valence-corrected chi connectivity index (χ2v) is 3.61. The van der Waals surface area contributed by atoms with Gasteiger partial charge in [0.15, 0.2) is 0 Å². The van der Waals surface area contributed by atoms with Gasteiger partial charge in [0.1, 0.15) is 5.60 Å². The maximum Gasteiger partial charge on any atom is 0.117 e. The fraction of sp³-hybridized carbons (Fsp3) is 0.455. The molecular formula is C11H18N2O2. The van der Waals surface area contributed by atoms with E-state index in [0.29, 0.717) is 12.0 Å². The van der Waals surface area contributed by atoms with Crippen LogP contribution in [-0.2, 0) is 5.60 Å². The molecule has 0 heterocycles. The Morgan fingerprint density at radius 1 is 1.27 bits per heavy atom. The fourth-order valence-corrected chi connectivity index (χ4v) is 1.59. The van der Waals surface area contributed by atoms with Crippen molar-refractivity contribution in [2.45, 2.75) is 18.1 Å². The third-order valence-electron chi connectivity index (χ3n) is 2.64. The van der Waals surface area contributed by atoms with E-state index in [-0.39, 0.29) is 13.2 Å². The first-order valence-corrected chi connectivity index (χ1v) is 4.99. The van der Waals surface area contributed by atoms with Gasteiger partial charge in [-0.1, -0.05) is 30.3 Å². The molecule has 1 rings (SSSR count). The molecule has 15 heavy (non-hydrogen) atoms. The van der Waals surface area contributed by atoms with Gasteiger partial charge in [-0.15, -0.1) is 0 Å². The van der Waals surface area contributed by atoms with Crippen LogP contribution in [0.3, 0.4) is 0 Å². The highest BCUT2D eigenvalue weighted by molar-refractivity contribution is 5.24. The number of benzene rings is 1. The average molecular weight is 210 g/mol. The lowest BCUT2D eigenvalue weighted by atomic mass is 9.85. The van der Waals surface area contributed by atoms with E-state index in [2.05, 4.69) is 0 Å². The summed E-state index contributed by atoms with van der Waals surface area (Å²) in [6, 6.07) is 8.50. The molecule has 0 aliphatic heterocycles. The molecule has 0 fully saturated rings.